The molecule has 0 aromatic heterocycles. The second-order valence-electron chi connectivity index (χ2n) is 6.05. The van der Waals surface area contributed by atoms with Crippen molar-refractivity contribution in [2.75, 3.05) is 12.8 Å². The molecule has 0 radical (unpaired) electrons. The Hall–Kier alpha value is -3.51. The minimum Gasteiger partial charge on any atom is -0.493 e. The lowest BCUT2D eigenvalue weighted by molar-refractivity contribution is 0.0956. The molecule has 0 bridgehead atoms. The van der Waals surface area contributed by atoms with Gasteiger partial charge in [-0.2, -0.15) is 5.10 Å². The van der Waals surface area contributed by atoms with Gasteiger partial charge in [0, 0.05) is 21.8 Å². The Labute approximate surface area is 173 Å². The van der Waals surface area contributed by atoms with E-state index in [1.165, 1.54) is 6.21 Å². The van der Waals surface area contributed by atoms with Crippen LogP contribution in [-0.2, 0) is 6.61 Å². The van der Waals surface area contributed by atoms with Crippen LogP contribution in [-0.4, -0.2) is 19.2 Å². The maximum atomic E-state index is 12.2. The van der Waals surface area contributed by atoms with Crippen LogP contribution in [0.25, 0.3) is 0 Å². The molecule has 3 rings (SSSR count). The number of nitrogens with one attached hydrogen (secondary N) is 1. The van der Waals surface area contributed by atoms with Gasteiger partial charge < -0.3 is 15.2 Å². The number of carbonyl (C=O) groups excluding carboxylic acids is 1. The molecule has 0 aliphatic heterocycles. The number of nitrogen functional groups attached to an aromatic ring is 1. The van der Waals surface area contributed by atoms with E-state index >= 15 is 0 Å². The summed E-state index contributed by atoms with van der Waals surface area (Å²) in [6.07, 6.45) is 1.49. The van der Waals surface area contributed by atoms with Crippen molar-refractivity contribution in [1.82, 2.24) is 5.43 Å². The van der Waals surface area contributed by atoms with E-state index in [-0.39, 0.29) is 6.61 Å². The van der Waals surface area contributed by atoms with Crippen molar-refractivity contribution in [1.29, 1.82) is 0 Å². The molecule has 3 N–H and O–H groups in total. The summed E-state index contributed by atoms with van der Waals surface area (Å²) >= 11 is 6.20. The van der Waals surface area contributed by atoms with E-state index < -0.39 is 5.91 Å². The Morgan fingerprint density at radius 2 is 1.86 bits per heavy atom. The zero-order valence-corrected chi connectivity index (χ0v) is 16.5. The Bertz CT molecular complexity index is 1040. The van der Waals surface area contributed by atoms with Crippen molar-refractivity contribution in [2.24, 2.45) is 5.10 Å². The Morgan fingerprint density at radius 1 is 1.10 bits per heavy atom. The zero-order chi connectivity index (χ0) is 20.6. The van der Waals surface area contributed by atoms with Crippen LogP contribution in [0, 0.1) is 0 Å². The molecule has 3 aromatic carbocycles. The minimum atomic E-state index is -0.402. The van der Waals surface area contributed by atoms with Crippen molar-refractivity contribution in [3.05, 3.63) is 88.4 Å². The predicted molar refractivity (Wildman–Crippen MR) is 115 cm³/mol. The van der Waals surface area contributed by atoms with Gasteiger partial charge in [-0.25, -0.2) is 5.43 Å². The molecule has 7 heteroatoms. The zero-order valence-electron chi connectivity index (χ0n) is 15.8. The quantitative estimate of drug-likeness (QED) is 0.346. The van der Waals surface area contributed by atoms with Crippen LogP contribution < -0.4 is 20.6 Å². The van der Waals surface area contributed by atoms with Gasteiger partial charge in [0.1, 0.15) is 6.61 Å². The van der Waals surface area contributed by atoms with Crippen LogP contribution in [0.15, 0.2) is 71.8 Å². The van der Waals surface area contributed by atoms with E-state index in [0.717, 1.165) is 5.56 Å². The average molecular weight is 410 g/mol. The number of nitrogens with two attached hydrogens (primary N) is 1. The summed E-state index contributed by atoms with van der Waals surface area (Å²) in [5, 5.41) is 4.64. The first kappa shape index (κ1) is 20.2. The summed E-state index contributed by atoms with van der Waals surface area (Å²) in [6.45, 7) is 0.258. The van der Waals surface area contributed by atoms with E-state index in [0.29, 0.717) is 33.3 Å². The van der Waals surface area contributed by atoms with Crippen molar-refractivity contribution in [3.63, 3.8) is 0 Å². The van der Waals surface area contributed by atoms with E-state index in [1.807, 2.05) is 18.2 Å². The van der Waals surface area contributed by atoms with Gasteiger partial charge in [0.2, 0.25) is 0 Å². The van der Waals surface area contributed by atoms with E-state index in [2.05, 4.69) is 10.5 Å². The number of halogens is 1. The summed E-state index contributed by atoms with van der Waals surface area (Å²) < 4.78 is 11.3. The smallest absolute Gasteiger partial charge is 0.273 e. The van der Waals surface area contributed by atoms with E-state index in [1.54, 1.807) is 55.6 Å². The van der Waals surface area contributed by atoms with Gasteiger partial charge in [-0.05, 0) is 30.3 Å². The minimum absolute atomic E-state index is 0.258. The second kappa shape index (κ2) is 9.61. The first-order valence-corrected chi connectivity index (χ1v) is 9.19. The highest BCUT2D eigenvalue weighted by Crippen LogP contribution is 2.31. The van der Waals surface area contributed by atoms with Gasteiger partial charge in [0.15, 0.2) is 11.5 Å². The van der Waals surface area contributed by atoms with E-state index in [9.17, 15) is 4.79 Å². The number of nitrogens with zero attached hydrogens (tertiary/aromatic N) is 1. The van der Waals surface area contributed by atoms with E-state index in [4.69, 9.17) is 26.8 Å². The van der Waals surface area contributed by atoms with Gasteiger partial charge in [-0.3, -0.25) is 4.79 Å². The number of rotatable bonds is 7. The molecule has 0 fully saturated rings. The first-order valence-electron chi connectivity index (χ1n) is 8.81. The van der Waals surface area contributed by atoms with Gasteiger partial charge in [-0.1, -0.05) is 48.0 Å². The number of carbonyl (C=O) groups is 1. The van der Waals surface area contributed by atoms with Crippen LogP contribution in [0.5, 0.6) is 11.5 Å². The molecule has 3 aromatic rings. The van der Waals surface area contributed by atoms with Crippen molar-refractivity contribution in [2.45, 2.75) is 6.61 Å². The topological polar surface area (TPSA) is 85.9 Å². The average Bonchev–Trinajstić information content (AvgIpc) is 2.73. The highest BCUT2D eigenvalue weighted by Gasteiger charge is 2.11. The summed E-state index contributed by atoms with van der Waals surface area (Å²) in [5.74, 6) is 0.632. The van der Waals surface area contributed by atoms with Gasteiger partial charge in [0.25, 0.3) is 5.91 Å². The summed E-state index contributed by atoms with van der Waals surface area (Å²) in [5.41, 5.74) is 10.5. The molecule has 0 saturated heterocycles. The highest BCUT2D eigenvalue weighted by molar-refractivity contribution is 6.31. The fourth-order valence-corrected chi connectivity index (χ4v) is 2.83. The lowest BCUT2D eigenvalue weighted by atomic mass is 10.2. The fourth-order valence-electron chi connectivity index (χ4n) is 2.64. The second-order valence-corrected chi connectivity index (χ2v) is 6.45. The third-order valence-electron chi connectivity index (χ3n) is 4.13. The standard InChI is InChI=1S/C22H20ClN3O3/c1-28-20-12-6-8-15(21(20)29-14-16-7-2-4-10-18(16)23)13-25-26-22(27)17-9-3-5-11-19(17)24/h2-13H,14,24H2,1H3,(H,26,27)/b25-13+. The molecule has 0 spiro atoms. The number of para-hydroxylation sites is 2. The van der Waals surface area contributed by atoms with Gasteiger partial charge >= 0.3 is 0 Å². The summed E-state index contributed by atoms with van der Waals surface area (Å²) in [4.78, 5) is 12.2. The molecule has 0 aliphatic carbocycles. The number of ether oxygens (including phenoxy) is 2. The Morgan fingerprint density at radius 3 is 2.62 bits per heavy atom. The highest BCUT2D eigenvalue weighted by atomic mass is 35.5. The molecule has 0 atom stereocenters. The third-order valence-corrected chi connectivity index (χ3v) is 4.50. The van der Waals surface area contributed by atoms with Crippen LogP contribution in [0.3, 0.4) is 0 Å². The molecule has 148 valence electrons. The fraction of sp³-hybridized carbons (Fsp3) is 0.0909. The van der Waals surface area contributed by atoms with Crippen LogP contribution in [0.4, 0.5) is 5.69 Å². The Kier molecular flexibility index (Phi) is 6.71. The summed E-state index contributed by atoms with van der Waals surface area (Å²) in [7, 11) is 1.55. The number of hydrogen-bond donors (Lipinski definition) is 2. The number of benzene rings is 3. The van der Waals surface area contributed by atoms with Gasteiger partial charge in [0.05, 0.1) is 18.9 Å². The molecular weight excluding hydrogens is 390 g/mol. The molecule has 0 unspecified atom stereocenters. The normalized spacial score (nSPS) is 10.7. The largest absolute Gasteiger partial charge is 0.493 e. The molecule has 6 nitrogen and oxygen atoms in total. The van der Waals surface area contributed by atoms with Crippen LogP contribution >= 0.6 is 11.6 Å². The number of hydrazone groups is 1. The molecular formula is C22H20ClN3O3. The maximum absolute atomic E-state index is 12.2. The molecule has 0 aliphatic rings. The molecule has 0 heterocycles. The van der Waals surface area contributed by atoms with Gasteiger partial charge in [-0.15, -0.1) is 0 Å². The summed E-state index contributed by atoms with van der Waals surface area (Å²) in [6, 6.07) is 19.6. The van der Waals surface area contributed by atoms with Crippen LogP contribution in [0.2, 0.25) is 5.02 Å². The number of hydrogen-bond acceptors (Lipinski definition) is 5. The Balaban J connectivity index is 1.77. The monoisotopic (exact) mass is 409 g/mol. The predicted octanol–water partition coefficient (Wildman–Crippen LogP) is 4.27. The lowest BCUT2D eigenvalue weighted by Crippen LogP contribution is -2.19. The van der Waals surface area contributed by atoms with Crippen LogP contribution in [0.1, 0.15) is 21.5 Å². The molecule has 1 amide bonds. The lowest BCUT2D eigenvalue weighted by Gasteiger charge is -2.14. The SMILES string of the molecule is COc1cccc(/C=N/NC(=O)c2ccccc2N)c1OCc1ccccc1Cl. The van der Waals surface area contributed by atoms with Crippen molar-refractivity contribution >= 4 is 29.4 Å². The first-order chi connectivity index (χ1) is 14.1. The molecule has 0 saturated carbocycles. The number of amides is 1. The van der Waals surface area contributed by atoms with Crippen molar-refractivity contribution < 1.29 is 14.3 Å². The third kappa shape index (κ3) is 5.06. The number of anilines is 1. The molecule has 29 heavy (non-hydrogen) atoms. The van der Waals surface area contributed by atoms with Crippen molar-refractivity contribution in [3.8, 4) is 11.5 Å². The number of methoxy groups -OCH3 is 1. The maximum Gasteiger partial charge on any atom is 0.273 e.